The molecule has 0 fully saturated rings. The van der Waals surface area contributed by atoms with Gasteiger partial charge in [0, 0.05) is 13.0 Å². The minimum absolute atomic E-state index is 0.0143. The summed E-state index contributed by atoms with van der Waals surface area (Å²) in [4.78, 5) is 12.0. The molecule has 0 aliphatic heterocycles. The lowest BCUT2D eigenvalue weighted by molar-refractivity contribution is -0.121. The van der Waals surface area contributed by atoms with Crippen molar-refractivity contribution in [2.24, 2.45) is 0 Å². The van der Waals surface area contributed by atoms with Gasteiger partial charge in [0.25, 0.3) is 0 Å². The van der Waals surface area contributed by atoms with E-state index in [1.54, 1.807) is 19.2 Å². The lowest BCUT2D eigenvalue weighted by atomic mass is 10.1. The predicted molar refractivity (Wildman–Crippen MR) is 98.9 cm³/mol. The molecule has 1 N–H and O–H groups in total. The summed E-state index contributed by atoms with van der Waals surface area (Å²) in [5, 5.41) is 3.39. The Morgan fingerprint density at radius 3 is 2.56 bits per heavy atom. The maximum absolute atomic E-state index is 12.0. The number of carbonyl (C=O) groups excluding carboxylic acids is 1. The molecule has 130 valence electrons. The van der Waals surface area contributed by atoms with E-state index in [0.29, 0.717) is 30.2 Å². The summed E-state index contributed by atoms with van der Waals surface area (Å²) in [6.07, 6.45) is 6.14. The van der Waals surface area contributed by atoms with Crippen LogP contribution in [-0.2, 0) is 17.8 Å². The Labute approximate surface area is 153 Å². The first-order valence-electron chi connectivity index (χ1n) is 7.86. The molecule has 0 bridgehead atoms. The van der Waals surface area contributed by atoms with Crippen molar-refractivity contribution in [3.05, 3.63) is 58.6 Å². The standard InChI is InChI=1S/C20H20ClNO3/c1-3-12-25-19-10-6-15(13-18(19)21)7-11-20(23)22-14-16-4-8-17(24-2)9-5-16/h1,4-6,8-10,13H,7,11-12,14H2,2H3,(H,22,23). The number of terminal acetylenes is 1. The average Bonchev–Trinajstić information content (AvgIpc) is 2.64. The molecule has 0 saturated carbocycles. The molecule has 2 rings (SSSR count). The highest BCUT2D eigenvalue weighted by molar-refractivity contribution is 6.32. The summed E-state index contributed by atoms with van der Waals surface area (Å²) in [7, 11) is 1.62. The maximum Gasteiger partial charge on any atom is 0.220 e. The maximum atomic E-state index is 12.0. The Bertz CT molecular complexity index is 751. The van der Waals surface area contributed by atoms with Crippen molar-refractivity contribution in [2.75, 3.05) is 13.7 Å². The van der Waals surface area contributed by atoms with Crippen LogP contribution in [0.5, 0.6) is 11.5 Å². The molecule has 0 heterocycles. The second-order valence-corrected chi connectivity index (χ2v) is 5.79. The van der Waals surface area contributed by atoms with E-state index in [9.17, 15) is 4.79 Å². The number of aryl methyl sites for hydroxylation is 1. The van der Waals surface area contributed by atoms with Crippen LogP contribution in [-0.4, -0.2) is 19.6 Å². The summed E-state index contributed by atoms with van der Waals surface area (Å²) in [5.41, 5.74) is 1.99. The fourth-order valence-corrected chi connectivity index (χ4v) is 2.48. The zero-order chi connectivity index (χ0) is 18.1. The Kier molecular flexibility index (Phi) is 7.18. The van der Waals surface area contributed by atoms with Crippen molar-refractivity contribution in [1.82, 2.24) is 5.32 Å². The second kappa shape index (κ2) is 9.61. The third-order valence-corrected chi connectivity index (χ3v) is 3.89. The highest BCUT2D eigenvalue weighted by Gasteiger charge is 2.06. The molecule has 0 aromatic heterocycles. The lowest BCUT2D eigenvalue weighted by Crippen LogP contribution is -2.22. The zero-order valence-electron chi connectivity index (χ0n) is 14.0. The molecule has 0 unspecified atom stereocenters. The molecule has 0 radical (unpaired) electrons. The number of rotatable bonds is 8. The third kappa shape index (κ3) is 6.06. The van der Waals surface area contributed by atoms with Gasteiger partial charge in [-0.3, -0.25) is 4.79 Å². The molecule has 1 amide bonds. The van der Waals surface area contributed by atoms with Gasteiger partial charge < -0.3 is 14.8 Å². The number of nitrogens with one attached hydrogen (secondary N) is 1. The smallest absolute Gasteiger partial charge is 0.220 e. The molecule has 0 spiro atoms. The van der Waals surface area contributed by atoms with Crippen LogP contribution in [0.15, 0.2) is 42.5 Å². The van der Waals surface area contributed by atoms with Crippen molar-refractivity contribution in [3.63, 3.8) is 0 Å². The zero-order valence-corrected chi connectivity index (χ0v) is 14.8. The van der Waals surface area contributed by atoms with Crippen LogP contribution in [0, 0.1) is 12.3 Å². The first kappa shape index (κ1) is 18.7. The Morgan fingerprint density at radius 1 is 1.20 bits per heavy atom. The number of hydrogen-bond donors (Lipinski definition) is 1. The SMILES string of the molecule is C#CCOc1ccc(CCC(=O)NCc2ccc(OC)cc2)cc1Cl. The van der Waals surface area contributed by atoms with Crippen LogP contribution in [0.3, 0.4) is 0 Å². The van der Waals surface area contributed by atoms with Gasteiger partial charge in [0.2, 0.25) is 5.91 Å². The van der Waals surface area contributed by atoms with Crippen molar-refractivity contribution >= 4 is 17.5 Å². The summed E-state index contributed by atoms with van der Waals surface area (Å²) in [6, 6.07) is 13.0. The van der Waals surface area contributed by atoms with Crippen LogP contribution < -0.4 is 14.8 Å². The second-order valence-electron chi connectivity index (χ2n) is 5.38. The minimum Gasteiger partial charge on any atom is -0.497 e. The van der Waals surface area contributed by atoms with Crippen molar-refractivity contribution in [1.29, 1.82) is 0 Å². The lowest BCUT2D eigenvalue weighted by Gasteiger charge is -2.08. The third-order valence-electron chi connectivity index (χ3n) is 3.60. The Morgan fingerprint density at radius 2 is 1.92 bits per heavy atom. The normalized spacial score (nSPS) is 9.96. The number of benzene rings is 2. The van der Waals surface area contributed by atoms with Crippen molar-refractivity contribution in [2.45, 2.75) is 19.4 Å². The molecular formula is C20H20ClNO3. The summed E-state index contributed by atoms with van der Waals surface area (Å²) < 4.78 is 10.4. The molecule has 2 aromatic carbocycles. The van der Waals surface area contributed by atoms with Crippen molar-refractivity contribution < 1.29 is 14.3 Å². The van der Waals surface area contributed by atoms with Gasteiger partial charge in [-0.25, -0.2) is 0 Å². The van der Waals surface area contributed by atoms with Gasteiger partial charge in [-0.05, 0) is 41.8 Å². The Balaban J connectivity index is 1.79. The molecule has 0 aliphatic carbocycles. The highest BCUT2D eigenvalue weighted by Crippen LogP contribution is 2.25. The van der Waals surface area contributed by atoms with Gasteiger partial charge in [-0.2, -0.15) is 0 Å². The van der Waals surface area contributed by atoms with E-state index in [0.717, 1.165) is 16.9 Å². The number of methoxy groups -OCH3 is 1. The first-order valence-corrected chi connectivity index (χ1v) is 8.24. The monoisotopic (exact) mass is 357 g/mol. The summed E-state index contributed by atoms with van der Waals surface area (Å²) >= 11 is 6.14. The molecular weight excluding hydrogens is 338 g/mol. The van der Waals surface area contributed by atoms with Gasteiger partial charge in [-0.1, -0.05) is 35.7 Å². The van der Waals surface area contributed by atoms with Gasteiger partial charge in [0.05, 0.1) is 12.1 Å². The van der Waals surface area contributed by atoms with Gasteiger partial charge >= 0.3 is 0 Å². The molecule has 0 saturated heterocycles. The molecule has 5 heteroatoms. The number of ether oxygens (including phenoxy) is 2. The molecule has 4 nitrogen and oxygen atoms in total. The molecule has 25 heavy (non-hydrogen) atoms. The van der Waals surface area contributed by atoms with Gasteiger partial charge in [-0.15, -0.1) is 6.42 Å². The van der Waals surface area contributed by atoms with E-state index in [1.165, 1.54) is 0 Å². The van der Waals surface area contributed by atoms with E-state index in [-0.39, 0.29) is 12.5 Å². The van der Waals surface area contributed by atoms with Crippen LogP contribution in [0.4, 0.5) is 0 Å². The van der Waals surface area contributed by atoms with Crippen molar-refractivity contribution in [3.8, 4) is 23.8 Å². The number of hydrogen-bond acceptors (Lipinski definition) is 3. The van der Waals surface area contributed by atoms with E-state index in [2.05, 4.69) is 11.2 Å². The number of carbonyl (C=O) groups is 1. The Hall–Kier alpha value is -2.64. The molecule has 0 atom stereocenters. The van der Waals surface area contributed by atoms with Gasteiger partial charge in [0.1, 0.15) is 18.1 Å². The van der Waals surface area contributed by atoms with Crippen LogP contribution in [0.25, 0.3) is 0 Å². The van der Waals surface area contributed by atoms with E-state index in [4.69, 9.17) is 27.5 Å². The fraction of sp³-hybridized carbons (Fsp3) is 0.250. The average molecular weight is 358 g/mol. The quantitative estimate of drug-likeness (QED) is 0.734. The summed E-state index contributed by atoms with van der Waals surface area (Å²) in [5.74, 6) is 3.72. The summed E-state index contributed by atoms with van der Waals surface area (Å²) in [6.45, 7) is 0.662. The van der Waals surface area contributed by atoms with Gasteiger partial charge in [0.15, 0.2) is 0 Å². The van der Waals surface area contributed by atoms with Crippen LogP contribution in [0.1, 0.15) is 17.5 Å². The largest absolute Gasteiger partial charge is 0.497 e. The molecule has 2 aromatic rings. The first-order chi connectivity index (χ1) is 12.1. The van der Waals surface area contributed by atoms with E-state index >= 15 is 0 Å². The number of halogens is 1. The topological polar surface area (TPSA) is 47.6 Å². The minimum atomic E-state index is -0.0143. The highest BCUT2D eigenvalue weighted by atomic mass is 35.5. The van der Waals surface area contributed by atoms with E-state index in [1.807, 2.05) is 30.3 Å². The van der Waals surface area contributed by atoms with Crippen LogP contribution >= 0.6 is 11.6 Å². The fourth-order valence-electron chi connectivity index (χ4n) is 2.23. The number of amides is 1. The van der Waals surface area contributed by atoms with Crippen LogP contribution in [0.2, 0.25) is 5.02 Å². The predicted octanol–water partition coefficient (Wildman–Crippen LogP) is 3.61. The van der Waals surface area contributed by atoms with E-state index < -0.39 is 0 Å². The molecule has 0 aliphatic rings.